The molecule has 0 unspecified atom stereocenters. The summed E-state index contributed by atoms with van der Waals surface area (Å²) < 4.78 is 37.7. The zero-order chi connectivity index (χ0) is 18.3. The van der Waals surface area contributed by atoms with Gasteiger partial charge in [0.1, 0.15) is 11.6 Å². The lowest BCUT2D eigenvalue weighted by atomic mass is 10.1. The van der Waals surface area contributed by atoms with Gasteiger partial charge in [-0.05, 0) is 26.2 Å². The fourth-order valence-corrected chi connectivity index (χ4v) is 3.15. The molecule has 0 radical (unpaired) electrons. The summed E-state index contributed by atoms with van der Waals surface area (Å²) in [6.45, 7) is 4.10. The van der Waals surface area contributed by atoms with Gasteiger partial charge in [-0.3, -0.25) is 4.79 Å². The van der Waals surface area contributed by atoms with Crippen molar-refractivity contribution in [1.82, 2.24) is 20.5 Å². The van der Waals surface area contributed by atoms with Gasteiger partial charge in [-0.1, -0.05) is 0 Å². The number of likely N-dealkylation sites (tertiary alicyclic amines) is 1. The number of amides is 1. The number of nitrogens with one attached hydrogen (secondary N) is 2. The van der Waals surface area contributed by atoms with E-state index in [0.717, 1.165) is 49.1 Å². The molecule has 0 aliphatic carbocycles. The smallest absolute Gasteiger partial charge is 0.357 e. The molecule has 0 spiro atoms. The second kappa shape index (κ2) is 9.02. The second-order valence-corrected chi connectivity index (χ2v) is 6.56. The Balaban J connectivity index is 1.88. The summed E-state index contributed by atoms with van der Waals surface area (Å²) in [5.41, 5.74) is -0.892. The van der Waals surface area contributed by atoms with E-state index in [-0.39, 0.29) is 19.0 Å². The van der Waals surface area contributed by atoms with Crippen molar-refractivity contribution < 1.29 is 18.0 Å². The van der Waals surface area contributed by atoms with Crippen LogP contribution in [0.2, 0.25) is 0 Å². The normalized spacial score (nSPS) is 16.0. The number of guanidine groups is 1. The number of aliphatic imine (C=N–C) groups is 1. The molecule has 2 rings (SSSR count). The van der Waals surface area contributed by atoms with E-state index < -0.39 is 11.9 Å². The fraction of sp³-hybridized carbons (Fsp3) is 0.667. The molecule has 1 aliphatic heterocycles. The molecule has 1 amide bonds. The second-order valence-electron chi connectivity index (χ2n) is 5.61. The van der Waals surface area contributed by atoms with E-state index in [2.05, 4.69) is 20.6 Å². The van der Waals surface area contributed by atoms with Gasteiger partial charge < -0.3 is 15.5 Å². The molecule has 0 aromatic carbocycles. The minimum Gasteiger partial charge on any atom is -0.357 e. The maximum Gasteiger partial charge on any atom is 0.434 e. The van der Waals surface area contributed by atoms with Crippen LogP contribution in [0.4, 0.5) is 13.2 Å². The first-order valence-electron chi connectivity index (χ1n) is 8.21. The monoisotopic (exact) mass is 377 g/mol. The maximum atomic E-state index is 12.6. The van der Waals surface area contributed by atoms with Crippen molar-refractivity contribution in [1.29, 1.82) is 0 Å². The van der Waals surface area contributed by atoms with Gasteiger partial charge >= 0.3 is 6.18 Å². The number of piperidine rings is 1. The maximum absolute atomic E-state index is 12.6. The molecule has 2 heterocycles. The minimum absolute atomic E-state index is 0.0149. The third-order valence-corrected chi connectivity index (χ3v) is 4.52. The molecule has 1 fully saturated rings. The Morgan fingerprint density at radius 3 is 2.64 bits per heavy atom. The van der Waals surface area contributed by atoms with E-state index in [4.69, 9.17) is 0 Å². The molecule has 0 saturated carbocycles. The van der Waals surface area contributed by atoms with Crippen molar-refractivity contribution in [3.05, 3.63) is 16.1 Å². The lowest BCUT2D eigenvalue weighted by molar-refractivity contribution is -0.140. The van der Waals surface area contributed by atoms with Gasteiger partial charge in [0.15, 0.2) is 11.7 Å². The molecule has 6 nitrogen and oxygen atoms in total. The van der Waals surface area contributed by atoms with Crippen molar-refractivity contribution in [2.75, 3.05) is 26.2 Å². The quantitative estimate of drug-likeness (QED) is 0.610. The summed E-state index contributed by atoms with van der Waals surface area (Å²) in [4.78, 5) is 21.7. The number of hydrogen-bond donors (Lipinski definition) is 2. The molecule has 1 saturated heterocycles. The van der Waals surface area contributed by atoms with Gasteiger partial charge in [0.25, 0.3) is 0 Å². The van der Waals surface area contributed by atoms with Crippen LogP contribution in [0, 0.1) is 0 Å². The number of nitrogens with zero attached hydrogens (tertiary/aromatic N) is 3. The van der Waals surface area contributed by atoms with E-state index >= 15 is 0 Å². The number of aromatic nitrogens is 1. The topological polar surface area (TPSA) is 69.6 Å². The number of rotatable bonds is 5. The molecule has 0 bridgehead atoms. The predicted molar refractivity (Wildman–Crippen MR) is 90.4 cm³/mol. The minimum atomic E-state index is -4.44. The Hall–Kier alpha value is -1.84. The van der Waals surface area contributed by atoms with Crippen molar-refractivity contribution >= 4 is 23.2 Å². The van der Waals surface area contributed by atoms with Gasteiger partial charge in [0.2, 0.25) is 5.91 Å². The van der Waals surface area contributed by atoms with Crippen LogP contribution >= 0.6 is 11.3 Å². The van der Waals surface area contributed by atoms with Crippen molar-refractivity contribution in [2.24, 2.45) is 4.99 Å². The third-order valence-electron chi connectivity index (χ3n) is 3.67. The zero-order valence-corrected chi connectivity index (χ0v) is 14.8. The molecule has 1 aliphatic rings. The summed E-state index contributed by atoms with van der Waals surface area (Å²) in [6, 6.07) is 0. The van der Waals surface area contributed by atoms with Crippen LogP contribution in [0.25, 0.3) is 0 Å². The number of carbonyl (C=O) groups is 1. The molecule has 10 heteroatoms. The van der Waals surface area contributed by atoms with Gasteiger partial charge in [-0.15, -0.1) is 11.3 Å². The van der Waals surface area contributed by atoms with Gasteiger partial charge in [0.05, 0.1) is 6.54 Å². The van der Waals surface area contributed by atoms with Gasteiger partial charge in [-0.25, -0.2) is 9.98 Å². The molecular weight excluding hydrogens is 355 g/mol. The molecular formula is C15H22F3N5OS. The van der Waals surface area contributed by atoms with Gasteiger partial charge in [-0.2, -0.15) is 13.2 Å². The first kappa shape index (κ1) is 19.5. The largest absolute Gasteiger partial charge is 0.434 e. The van der Waals surface area contributed by atoms with Crippen molar-refractivity contribution in [3.8, 4) is 0 Å². The Kier molecular flexibility index (Phi) is 7.03. The SMILES string of the molecule is CCNC(=NCC(=O)N1CCCCC1)NCc1nc(C(F)(F)F)cs1. The van der Waals surface area contributed by atoms with Crippen LogP contribution in [0.3, 0.4) is 0 Å². The summed E-state index contributed by atoms with van der Waals surface area (Å²) in [6.07, 6.45) is -1.27. The van der Waals surface area contributed by atoms with E-state index in [1.807, 2.05) is 6.92 Å². The number of halogens is 3. The molecule has 2 N–H and O–H groups in total. The Labute approximate surface area is 148 Å². The Bertz CT molecular complexity index is 596. The standard InChI is InChI=1S/C15H22F3N5OS/c1-2-19-14(21-9-13(24)23-6-4-3-5-7-23)20-8-12-22-11(10-25-12)15(16,17)18/h10H,2-9H2,1H3,(H2,19,20,21). The lowest BCUT2D eigenvalue weighted by Gasteiger charge is -2.26. The van der Waals surface area contributed by atoms with E-state index in [0.29, 0.717) is 17.5 Å². The summed E-state index contributed by atoms with van der Waals surface area (Å²) in [5, 5.41) is 7.17. The van der Waals surface area contributed by atoms with Crippen LogP contribution in [-0.2, 0) is 17.5 Å². The first-order chi connectivity index (χ1) is 11.9. The number of hydrogen-bond acceptors (Lipinski definition) is 4. The number of carbonyl (C=O) groups excluding carboxylic acids is 1. The average molecular weight is 377 g/mol. The summed E-state index contributed by atoms with van der Waals surface area (Å²) in [7, 11) is 0. The van der Waals surface area contributed by atoms with Crippen molar-refractivity contribution in [2.45, 2.75) is 38.9 Å². The average Bonchev–Trinajstić information content (AvgIpc) is 3.07. The Morgan fingerprint density at radius 2 is 2.04 bits per heavy atom. The highest BCUT2D eigenvalue weighted by Crippen LogP contribution is 2.29. The number of thiazole rings is 1. The molecule has 0 atom stereocenters. The van der Waals surface area contributed by atoms with E-state index in [1.54, 1.807) is 4.90 Å². The highest BCUT2D eigenvalue weighted by Gasteiger charge is 2.33. The van der Waals surface area contributed by atoms with Gasteiger partial charge in [0, 0.05) is 25.0 Å². The number of alkyl halides is 3. The van der Waals surface area contributed by atoms with Crippen LogP contribution in [0.1, 0.15) is 36.9 Å². The summed E-state index contributed by atoms with van der Waals surface area (Å²) >= 11 is 0.932. The highest BCUT2D eigenvalue weighted by atomic mass is 32.1. The fourth-order valence-electron chi connectivity index (χ4n) is 2.41. The third kappa shape index (κ3) is 6.18. The first-order valence-corrected chi connectivity index (χ1v) is 9.09. The predicted octanol–water partition coefficient (Wildman–Crippen LogP) is 2.23. The zero-order valence-electron chi connectivity index (χ0n) is 14.0. The van der Waals surface area contributed by atoms with Crippen LogP contribution in [0.5, 0.6) is 0 Å². The molecule has 1 aromatic heterocycles. The Morgan fingerprint density at radius 1 is 1.32 bits per heavy atom. The highest BCUT2D eigenvalue weighted by molar-refractivity contribution is 7.09. The molecule has 25 heavy (non-hydrogen) atoms. The molecule has 1 aromatic rings. The molecule has 140 valence electrons. The van der Waals surface area contributed by atoms with E-state index in [1.165, 1.54) is 0 Å². The van der Waals surface area contributed by atoms with Crippen molar-refractivity contribution in [3.63, 3.8) is 0 Å². The van der Waals surface area contributed by atoms with Crippen LogP contribution < -0.4 is 10.6 Å². The lowest BCUT2D eigenvalue weighted by Crippen LogP contribution is -2.40. The van der Waals surface area contributed by atoms with Crippen LogP contribution in [0.15, 0.2) is 10.4 Å². The van der Waals surface area contributed by atoms with E-state index in [9.17, 15) is 18.0 Å². The van der Waals surface area contributed by atoms with Crippen LogP contribution in [-0.4, -0.2) is 47.9 Å². The summed E-state index contributed by atoms with van der Waals surface area (Å²) in [5.74, 6) is 0.349.